The van der Waals surface area contributed by atoms with E-state index in [1.54, 1.807) is 0 Å². The maximum Gasteiger partial charge on any atom is 0.0913 e. The number of benzene rings is 5. The number of fused-ring (bicyclic) bond motifs is 5. The Balaban J connectivity index is 1.18. The Morgan fingerprint density at radius 1 is 0.634 bits per heavy atom. The molecule has 0 bridgehead atoms. The van der Waals surface area contributed by atoms with Crippen LogP contribution < -0.4 is 4.90 Å². The summed E-state index contributed by atoms with van der Waals surface area (Å²) in [5.41, 5.74) is 11.5. The predicted molar refractivity (Wildman–Crippen MR) is 174 cm³/mol. The molecular weight excluding hydrogens is 516 g/mol. The van der Waals surface area contributed by atoms with Crippen LogP contribution in [0.5, 0.6) is 0 Å². The van der Waals surface area contributed by atoms with Gasteiger partial charge in [-0.15, -0.1) is 11.8 Å². The van der Waals surface area contributed by atoms with Crippen LogP contribution >= 0.6 is 11.8 Å². The highest BCUT2D eigenvalue weighted by atomic mass is 32.2. The first kappa shape index (κ1) is 23.0. The quantitative estimate of drug-likeness (QED) is 0.220. The number of allylic oxidation sites excluding steroid dienone is 3. The number of nitrogens with zero attached hydrogens (tertiary/aromatic N) is 2. The smallest absolute Gasteiger partial charge is 0.0913 e. The average Bonchev–Trinajstić information content (AvgIpc) is 3.65. The van der Waals surface area contributed by atoms with Gasteiger partial charge in [0.2, 0.25) is 0 Å². The zero-order valence-electron chi connectivity index (χ0n) is 22.4. The highest BCUT2D eigenvalue weighted by Gasteiger charge is 2.51. The summed E-state index contributed by atoms with van der Waals surface area (Å²) >= 11 is 2.01. The van der Waals surface area contributed by atoms with Gasteiger partial charge in [0, 0.05) is 38.9 Å². The summed E-state index contributed by atoms with van der Waals surface area (Å²) in [6, 6.07) is 44.2. The first-order valence-corrected chi connectivity index (χ1v) is 15.0. The molecule has 0 radical (unpaired) electrons. The van der Waals surface area contributed by atoms with E-state index in [1.807, 2.05) is 11.8 Å². The van der Waals surface area contributed by atoms with Crippen molar-refractivity contribution in [1.29, 1.82) is 0 Å². The van der Waals surface area contributed by atoms with E-state index in [4.69, 9.17) is 0 Å². The second-order valence-corrected chi connectivity index (χ2v) is 12.3. The Morgan fingerprint density at radius 3 is 2.37 bits per heavy atom. The van der Waals surface area contributed by atoms with Crippen molar-refractivity contribution in [1.82, 2.24) is 4.57 Å². The van der Waals surface area contributed by atoms with Gasteiger partial charge < -0.3 is 9.47 Å². The minimum atomic E-state index is -0.0351. The van der Waals surface area contributed by atoms with E-state index in [1.165, 1.54) is 66.0 Å². The zero-order chi connectivity index (χ0) is 27.0. The fourth-order valence-electron chi connectivity index (χ4n) is 6.92. The Kier molecular flexibility index (Phi) is 4.85. The maximum atomic E-state index is 2.42. The molecule has 0 amide bonds. The van der Waals surface area contributed by atoms with Crippen LogP contribution in [0.15, 0.2) is 156 Å². The monoisotopic (exact) mass is 542 g/mol. The third-order valence-electron chi connectivity index (χ3n) is 8.77. The van der Waals surface area contributed by atoms with E-state index in [2.05, 4.69) is 155 Å². The lowest BCUT2D eigenvalue weighted by molar-refractivity contribution is 0.853. The second kappa shape index (κ2) is 8.63. The molecule has 0 saturated carbocycles. The van der Waals surface area contributed by atoms with E-state index < -0.39 is 0 Å². The van der Waals surface area contributed by atoms with Crippen LogP contribution in [0.3, 0.4) is 0 Å². The van der Waals surface area contributed by atoms with E-state index in [9.17, 15) is 0 Å². The van der Waals surface area contributed by atoms with Crippen molar-refractivity contribution < 1.29 is 0 Å². The zero-order valence-corrected chi connectivity index (χ0v) is 23.2. The van der Waals surface area contributed by atoms with Crippen molar-refractivity contribution in [2.45, 2.75) is 16.1 Å². The summed E-state index contributed by atoms with van der Waals surface area (Å²) in [4.78, 5) is 3.81. The van der Waals surface area contributed by atoms with Crippen LogP contribution in [0.4, 0.5) is 5.69 Å². The third kappa shape index (κ3) is 3.27. The van der Waals surface area contributed by atoms with Crippen molar-refractivity contribution in [3.05, 3.63) is 157 Å². The summed E-state index contributed by atoms with van der Waals surface area (Å²) in [6.45, 7) is 0. The molecule has 2 nitrogen and oxygen atoms in total. The molecule has 0 fully saturated rings. The molecule has 1 spiro atoms. The Hall–Kier alpha value is -4.73. The number of rotatable bonds is 3. The molecule has 1 atom stereocenters. The largest absolute Gasteiger partial charge is 0.319 e. The van der Waals surface area contributed by atoms with Crippen LogP contribution in [0.2, 0.25) is 0 Å². The first-order chi connectivity index (χ1) is 20.3. The fraction of sp³-hybridized carbons (Fsp3) is 0.0526. The van der Waals surface area contributed by atoms with Crippen LogP contribution in [-0.2, 0) is 0 Å². The Bertz CT molecular complexity index is 2110. The molecule has 2 aliphatic heterocycles. The predicted octanol–water partition coefficient (Wildman–Crippen LogP) is 10.0. The molecule has 9 rings (SSSR count). The lowest BCUT2D eigenvalue weighted by atomic mass is 9.87. The molecular formula is C38H26N2S. The van der Waals surface area contributed by atoms with Crippen molar-refractivity contribution in [3.63, 3.8) is 0 Å². The van der Waals surface area contributed by atoms with Gasteiger partial charge in [0.15, 0.2) is 0 Å². The SMILES string of the molecule is C1=CCC23Sc4ccccc4C2=CN(c2cccc(-c4ccc5c(c4)c4ccccc4n5-c4ccccc4)c2)C3=C1. The van der Waals surface area contributed by atoms with E-state index in [0.717, 1.165) is 6.42 Å². The Morgan fingerprint density at radius 2 is 1.41 bits per heavy atom. The normalized spacial score (nSPS) is 18.8. The lowest BCUT2D eigenvalue weighted by Gasteiger charge is -2.32. The molecule has 0 N–H and O–H groups in total. The minimum absolute atomic E-state index is 0.0351. The standard InChI is InChI=1S/C38H26N2S/c1-2-12-28(13-3-1)40-34-17-6-4-15-30(34)32-24-27(20-21-35(32)40)26-11-10-14-29(23-26)39-25-33-31-16-5-7-18-36(31)41-38(33)22-9-8-19-37(38)39/h1-21,23-25H,22H2. The van der Waals surface area contributed by atoms with Crippen LogP contribution in [-0.4, -0.2) is 9.31 Å². The Labute approximate surface area is 243 Å². The number of para-hydroxylation sites is 2. The van der Waals surface area contributed by atoms with Crippen molar-refractivity contribution in [3.8, 4) is 16.8 Å². The third-order valence-corrected chi connectivity index (χ3v) is 10.3. The number of anilines is 1. The van der Waals surface area contributed by atoms with Crippen molar-refractivity contribution in [2.75, 3.05) is 4.90 Å². The molecule has 6 aromatic rings. The topological polar surface area (TPSA) is 8.17 Å². The summed E-state index contributed by atoms with van der Waals surface area (Å²) < 4.78 is 2.34. The first-order valence-electron chi connectivity index (χ1n) is 14.2. The molecule has 0 saturated heterocycles. The van der Waals surface area contributed by atoms with E-state index in [-0.39, 0.29) is 4.75 Å². The van der Waals surface area contributed by atoms with Gasteiger partial charge in [-0.2, -0.15) is 0 Å². The molecule has 1 aromatic heterocycles. The number of aromatic nitrogens is 1. The van der Waals surface area contributed by atoms with Gasteiger partial charge in [-0.1, -0.05) is 84.9 Å². The van der Waals surface area contributed by atoms with Gasteiger partial charge >= 0.3 is 0 Å². The summed E-state index contributed by atoms with van der Waals surface area (Å²) in [7, 11) is 0. The van der Waals surface area contributed by atoms with Gasteiger partial charge in [-0.05, 0) is 83.3 Å². The highest BCUT2D eigenvalue weighted by molar-refractivity contribution is 8.02. The van der Waals surface area contributed by atoms with E-state index >= 15 is 0 Å². The summed E-state index contributed by atoms with van der Waals surface area (Å²) in [6.07, 6.45) is 10.2. The van der Waals surface area contributed by atoms with Gasteiger partial charge in [0.05, 0.1) is 15.8 Å². The van der Waals surface area contributed by atoms with Crippen LogP contribution in [0, 0.1) is 0 Å². The second-order valence-electron chi connectivity index (χ2n) is 11.0. The van der Waals surface area contributed by atoms with Gasteiger partial charge in [0.1, 0.15) is 0 Å². The summed E-state index contributed by atoms with van der Waals surface area (Å²) in [5, 5.41) is 2.55. The molecule has 3 aliphatic rings. The number of thioether (sulfide) groups is 1. The molecule has 1 aliphatic carbocycles. The van der Waals surface area contributed by atoms with Gasteiger partial charge in [-0.25, -0.2) is 0 Å². The number of hydrogen-bond acceptors (Lipinski definition) is 2. The lowest BCUT2D eigenvalue weighted by Crippen LogP contribution is -2.29. The molecule has 3 heterocycles. The van der Waals surface area contributed by atoms with Crippen molar-refractivity contribution in [2.24, 2.45) is 0 Å². The minimum Gasteiger partial charge on any atom is -0.319 e. The fourth-order valence-corrected chi connectivity index (χ4v) is 8.45. The maximum absolute atomic E-state index is 2.42. The molecule has 5 aromatic carbocycles. The molecule has 194 valence electrons. The highest BCUT2D eigenvalue weighted by Crippen LogP contribution is 2.63. The molecule has 41 heavy (non-hydrogen) atoms. The van der Waals surface area contributed by atoms with E-state index in [0.29, 0.717) is 0 Å². The number of hydrogen-bond donors (Lipinski definition) is 0. The van der Waals surface area contributed by atoms with Gasteiger partial charge in [0.25, 0.3) is 0 Å². The van der Waals surface area contributed by atoms with Crippen molar-refractivity contribution >= 4 is 44.8 Å². The van der Waals surface area contributed by atoms with Crippen LogP contribution in [0.25, 0.3) is 44.2 Å². The van der Waals surface area contributed by atoms with Gasteiger partial charge in [-0.3, -0.25) is 0 Å². The average molecular weight is 543 g/mol. The summed E-state index contributed by atoms with van der Waals surface area (Å²) in [5.74, 6) is 0. The molecule has 3 heteroatoms. The molecule has 1 unspecified atom stereocenters. The van der Waals surface area contributed by atoms with Crippen LogP contribution in [0.1, 0.15) is 12.0 Å².